The summed E-state index contributed by atoms with van der Waals surface area (Å²) in [6, 6.07) is 8.33. The van der Waals surface area contributed by atoms with Crippen molar-refractivity contribution in [2.75, 3.05) is 13.2 Å². The molecule has 2 N–H and O–H groups in total. The van der Waals surface area contributed by atoms with E-state index in [4.69, 9.17) is 4.74 Å². The van der Waals surface area contributed by atoms with Crippen LogP contribution in [0.4, 0.5) is 0 Å². The largest absolute Gasteiger partial charge is 0.389 e. The van der Waals surface area contributed by atoms with Gasteiger partial charge in [0.1, 0.15) is 0 Å². The number of aliphatic hydroxyl groups is 1. The molecule has 3 heteroatoms. The Balaban J connectivity index is 1.84. The van der Waals surface area contributed by atoms with Gasteiger partial charge in [0, 0.05) is 19.7 Å². The molecule has 0 bridgehead atoms. The van der Waals surface area contributed by atoms with Crippen LogP contribution in [-0.2, 0) is 17.9 Å². The van der Waals surface area contributed by atoms with Crippen molar-refractivity contribution in [3.8, 4) is 0 Å². The van der Waals surface area contributed by atoms with Crippen LogP contribution < -0.4 is 5.32 Å². The molecule has 0 spiro atoms. The Labute approximate surface area is 116 Å². The summed E-state index contributed by atoms with van der Waals surface area (Å²) < 4.78 is 5.48. The van der Waals surface area contributed by atoms with E-state index < -0.39 is 5.60 Å². The third-order valence-electron chi connectivity index (χ3n) is 3.88. The molecule has 0 heterocycles. The zero-order valence-electron chi connectivity index (χ0n) is 11.8. The average Bonchev–Trinajstić information content (AvgIpc) is 2.85. The highest BCUT2D eigenvalue weighted by Crippen LogP contribution is 2.28. The smallest absolute Gasteiger partial charge is 0.0771 e. The van der Waals surface area contributed by atoms with Gasteiger partial charge in [-0.1, -0.05) is 37.1 Å². The predicted molar refractivity (Wildman–Crippen MR) is 76.9 cm³/mol. The minimum atomic E-state index is -0.477. The summed E-state index contributed by atoms with van der Waals surface area (Å²) in [6.07, 6.45) is 4.17. The quantitative estimate of drug-likeness (QED) is 0.794. The van der Waals surface area contributed by atoms with Crippen LogP contribution in [0, 0.1) is 0 Å². The maximum absolute atomic E-state index is 10.3. The van der Waals surface area contributed by atoms with E-state index in [9.17, 15) is 5.11 Å². The van der Waals surface area contributed by atoms with Gasteiger partial charge in [0.15, 0.2) is 0 Å². The van der Waals surface area contributed by atoms with Crippen LogP contribution in [0.2, 0.25) is 0 Å². The van der Waals surface area contributed by atoms with Gasteiger partial charge in [-0.25, -0.2) is 0 Å². The molecule has 1 saturated carbocycles. The van der Waals surface area contributed by atoms with Crippen molar-refractivity contribution in [2.24, 2.45) is 0 Å². The maximum Gasteiger partial charge on any atom is 0.0771 e. The molecule has 1 aliphatic carbocycles. The van der Waals surface area contributed by atoms with Gasteiger partial charge in [0.05, 0.1) is 12.2 Å². The van der Waals surface area contributed by atoms with E-state index in [1.165, 1.54) is 11.1 Å². The molecule has 0 atom stereocenters. The molecule has 3 nitrogen and oxygen atoms in total. The van der Waals surface area contributed by atoms with Gasteiger partial charge in [-0.2, -0.15) is 0 Å². The summed E-state index contributed by atoms with van der Waals surface area (Å²) in [5.41, 5.74) is 2.02. The maximum atomic E-state index is 10.3. The number of nitrogens with one attached hydrogen (secondary N) is 1. The van der Waals surface area contributed by atoms with Crippen LogP contribution in [0.15, 0.2) is 24.3 Å². The highest BCUT2D eigenvalue weighted by atomic mass is 16.5. The number of hydrogen-bond acceptors (Lipinski definition) is 3. The topological polar surface area (TPSA) is 41.5 Å². The summed E-state index contributed by atoms with van der Waals surface area (Å²) in [4.78, 5) is 0. The van der Waals surface area contributed by atoms with Crippen molar-refractivity contribution in [1.29, 1.82) is 0 Å². The van der Waals surface area contributed by atoms with Crippen LogP contribution in [0.5, 0.6) is 0 Å². The molecule has 0 saturated heterocycles. The van der Waals surface area contributed by atoms with Crippen molar-refractivity contribution in [2.45, 2.75) is 51.4 Å². The van der Waals surface area contributed by atoms with E-state index in [0.717, 1.165) is 38.8 Å². The van der Waals surface area contributed by atoms with Gasteiger partial charge in [0.2, 0.25) is 0 Å². The van der Waals surface area contributed by atoms with Crippen molar-refractivity contribution in [3.05, 3.63) is 35.4 Å². The molecule has 19 heavy (non-hydrogen) atoms. The lowest BCUT2D eigenvalue weighted by atomic mass is 10.0. The first-order valence-electron chi connectivity index (χ1n) is 7.31. The van der Waals surface area contributed by atoms with Gasteiger partial charge >= 0.3 is 0 Å². The minimum absolute atomic E-state index is 0.477. The molecular weight excluding hydrogens is 238 g/mol. The molecule has 106 valence electrons. The van der Waals surface area contributed by atoms with Crippen molar-refractivity contribution in [3.63, 3.8) is 0 Å². The van der Waals surface area contributed by atoms with Crippen molar-refractivity contribution < 1.29 is 9.84 Å². The highest BCUT2D eigenvalue weighted by Gasteiger charge is 2.30. The molecule has 0 aliphatic heterocycles. The molecule has 1 fully saturated rings. The normalized spacial score (nSPS) is 17.8. The Kier molecular flexibility index (Phi) is 5.37. The standard InChI is InChI=1S/C16H25NO2/c1-2-19-12-15-8-4-3-7-14(15)11-17-13-16(18)9-5-6-10-16/h3-4,7-8,17-18H,2,5-6,9-13H2,1H3. The van der Waals surface area contributed by atoms with Gasteiger partial charge in [-0.3, -0.25) is 0 Å². The molecule has 0 unspecified atom stereocenters. The first kappa shape index (κ1) is 14.5. The number of hydrogen-bond donors (Lipinski definition) is 2. The Morgan fingerprint density at radius 2 is 1.89 bits per heavy atom. The first-order chi connectivity index (χ1) is 9.23. The van der Waals surface area contributed by atoms with E-state index in [1.807, 2.05) is 13.0 Å². The molecule has 0 amide bonds. The summed E-state index contributed by atoms with van der Waals surface area (Å²) in [5.74, 6) is 0. The molecule has 0 aromatic heterocycles. The minimum Gasteiger partial charge on any atom is -0.389 e. The number of benzene rings is 1. The SMILES string of the molecule is CCOCc1ccccc1CNCC1(O)CCCC1. The second-order valence-corrected chi connectivity index (χ2v) is 5.44. The van der Waals surface area contributed by atoms with E-state index in [1.54, 1.807) is 0 Å². The van der Waals surface area contributed by atoms with Crippen LogP contribution >= 0.6 is 0 Å². The lowest BCUT2D eigenvalue weighted by molar-refractivity contribution is 0.0474. The fourth-order valence-corrected chi connectivity index (χ4v) is 2.72. The van der Waals surface area contributed by atoms with Crippen molar-refractivity contribution in [1.82, 2.24) is 5.32 Å². The van der Waals surface area contributed by atoms with E-state index in [-0.39, 0.29) is 0 Å². The average molecular weight is 263 g/mol. The monoisotopic (exact) mass is 263 g/mol. The Morgan fingerprint density at radius 3 is 2.58 bits per heavy atom. The van der Waals surface area contributed by atoms with Crippen LogP contribution in [-0.4, -0.2) is 23.9 Å². The molecular formula is C16H25NO2. The third kappa shape index (κ3) is 4.30. The summed E-state index contributed by atoms with van der Waals surface area (Å²) in [5, 5.41) is 13.7. The highest BCUT2D eigenvalue weighted by molar-refractivity contribution is 5.26. The Bertz CT molecular complexity index is 386. The van der Waals surface area contributed by atoms with Crippen molar-refractivity contribution >= 4 is 0 Å². The molecule has 0 radical (unpaired) electrons. The van der Waals surface area contributed by atoms with Crippen LogP contribution in [0.3, 0.4) is 0 Å². The second-order valence-electron chi connectivity index (χ2n) is 5.44. The van der Waals surface area contributed by atoms with Gasteiger partial charge in [-0.15, -0.1) is 0 Å². The first-order valence-corrected chi connectivity index (χ1v) is 7.31. The van der Waals surface area contributed by atoms with E-state index in [2.05, 4.69) is 23.5 Å². The van der Waals surface area contributed by atoms with E-state index >= 15 is 0 Å². The number of ether oxygens (including phenoxy) is 1. The summed E-state index contributed by atoms with van der Waals surface area (Å²) in [7, 11) is 0. The Hall–Kier alpha value is -0.900. The Morgan fingerprint density at radius 1 is 1.21 bits per heavy atom. The molecule has 1 aromatic rings. The van der Waals surface area contributed by atoms with Gasteiger partial charge in [0.25, 0.3) is 0 Å². The fraction of sp³-hybridized carbons (Fsp3) is 0.625. The van der Waals surface area contributed by atoms with Gasteiger partial charge in [-0.05, 0) is 30.9 Å². The summed E-state index contributed by atoms with van der Waals surface area (Å²) in [6.45, 7) is 4.90. The van der Waals surface area contributed by atoms with E-state index in [0.29, 0.717) is 13.2 Å². The van der Waals surface area contributed by atoms with Crippen LogP contribution in [0.1, 0.15) is 43.7 Å². The predicted octanol–water partition coefficient (Wildman–Crippen LogP) is 2.62. The third-order valence-corrected chi connectivity index (χ3v) is 3.88. The zero-order chi connectivity index (χ0) is 13.6. The second kappa shape index (κ2) is 7.04. The van der Waals surface area contributed by atoms with Crippen LogP contribution in [0.25, 0.3) is 0 Å². The summed E-state index contributed by atoms with van der Waals surface area (Å²) >= 11 is 0. The lowest BCUT2D eigenvalue weighted by Gasteiger charge is -2.22. The fourth-order valence-electron chi connectivity index (χ4n) is 2.72. The van der Waals surface area contributed by atoms with Gasteiger partial charge < -0.3 is 15.2 Å². The zero-order valence-corrected chi connectivity index (χ0v) is 11.8. The molecule has 1 aromatic carbocycles. The lowest BCUT2D eigenvalue weighted by Crippen LogP contribution is -2.37. The molecule has 1 aliphatic rings. The molecule has 2 rings (SSSR count). The number of rotatable bonds is 7.